The van der Waals surface area contributed by atoms with Gasteiger partial charge in [-0.3, -0.25) is 0 Å². The van der Waals surface area contributed by atoms with Crippen LogP contribution in [0.25, 0.3) is 0 Å². The van der Waals surface area contributed by atoms with Gasteiger partial charge in [0.05, 0.1) is 0 Å². The maximum atomic E-state index is 5.88. The van der Waals surface area contributed by atoms with E-state index in [1.807, 2.05) is 30.0 Å². The van der Waals surface area contributed by atoms with Gasteiger partial charge in [-0.1, -0.05) is 24.6 Å². The molecule has 0 aliphatic heterocycles. The quantitative estimate of drug-likeness (QED) is 0.593. The van der Waals surface area contributed by atoms with E-state index in [9.17, 15) is 0 Å². The first kappa shape index (κ1) is 11.9. The van der Waals surface area contributed by atoms with E-state index in [-0.39, 0.29) is 0 Å². The minimum absolute atomic E-state index is 0.816. The molecule has 0 heterocycles. The van der Waals surface area contributed by atoms with E-state index in [4.69, 9.17) is 11.6 Å². The first-order valence-electron chi connectivity index (χ1n) is 4.92. The Morgan fingerprint density at radius 1 is 1.36 bits per heavy atom. The van der Waals surface area contributed by atoms with E-state index in [1.54, 1.807) is 0 Å². The van der Waals surface area contributed by atoms with Gasteiger partial charge in [0.25, 0.3) is 0 Å². The smallest absolute Gasteiger partial charge is 0.0417 e. The van der Waals surface area contributed by atoms with Crippen LogP contribution in [0.5, 0.6) is 0 Å². The molecule has 78 valence electrons. The highest BCUT2D eigenvalue weighted by Crippen LogP contribution is 2.20. The number of halogens is 1. The van der Waals surface area contributed by atoms with Crippen molar-refractivity contribution < 1.29 is 0 Å². The molecule has 1 aromatic rings. The van der Waals surface area contributed by atoms with Crippen LogP contribution in [0.15, 0.2) is 29.2 Å². The summed E-state index contributed by atoms with van der Waals surface area (Å²) in [4.78, 5) is 1.25. The van der Waals surface area contributed by atoms with Crippen LogP contribution in [0.4, 0.5) is 0 Å². The SMILES string of the molecule is CCCNCCSc1cccc(Cl)c1. The summed E-state index contributed by atoms with van der Waals surface area (Å²) in [7, 11) is 0. The standard InChI is InChI=1S/C11H16ClNS/c1-2-6-13-7-8-14-11-5-3-4-10(12)9-11/h3-5,9,13H,2,6-8H2,1H3. The predicted octanol–water partition coefficient (Wildman–Crippen LogP) is 3.43. The molecule has 0 bridgehead atoms. The van der Waals surface area contributed by atoms with Gasteiger partial charge in [-0.15, -0.1) is 11.8 Å². The highest BCUT2D eigenvalue weighted by molar-refractivity contribution is 7.99. The Labute approximate surface area is 95.2 Å². The first-order chi connectivity index (χ1) is 6.83. The average Bonchev–Trinajstić information content (AvgIpc) is 2.18. The van der Waals surface area contributed by atoms with Crippen LogP contribution in [-0.2, 0) is 0 Å². The van der Waals surface area contributed by atoms with E-state index in [1.165, 1.54) is 11.3 Å². The minimum atomic E-state index is 0.816. The normalized spacial score (nSPS) is 10.4. The zero-order valence-electron chi connectivity index (χ0n) is 8.42. The summed E-state index contributed by atoms with van der Waals surface area (Å²) in [6.07, 6.45) is 1.20. The van der Waals surface area contributed by atoms with E-state index >= 15 is 0 Å². The second-order valence-corrected chi connectivity index (χ2v) is 4.66. The Balaban J connectivity index is 2.18. The van der Waals surface area contributed by atoms with Gasteiger partial charge in [0.15, 0.2) is 0 Å². The van der Waals surface area contributed by atoms with Crippen LogP contribution in [0.2, 0.25) is 5.02 Å². The van der Waals surface area contributed by atoms with Crippen molar-refractivity contribution in [3.05, 3.63) is 29.3 Å². The Bertz CT molecular complexity index is 265. The fourth-order valence-corrected chi connectivity index (χ4v) is 2.22. The molecule has 0 aromatic heterocycles. The number of hydrogen-bond acceptors (Lipinski definition) is 2. The van der Waals surface area contributed by atoms with Gasteiger partial charge in [-0.05, 0) is 31.2 Å². The summed E-state index contributed by atoms with van der Waals surface area (Å²) >= 11 is 7.72. The largest absolute Gasteiger partial charge is 0.316 e. The maximum Gasteiger partial charge on any atom is 0.0417 e. The first-order valence-corrected chi connectivity index (χ1v) is 6.28. The van der Waals surface area contributed by atoms with Crippen molar-refractivity contribution in [2.45, 2.75) is 18.2 Å². The van der Waals surface area contributed by atoms with Crippen molar-refractivity contribution in [2.75, 3.05) is 18.8 Å². The third kappa shape index (κ3) is 4.89. The van der Waals surface area contributed by atoms with Gasteiger partial charge >= 0.3 is 0 Å². The number of benzene rings is 1. The zero-order chi connectivity index (χ0) is 10.2. The zero-order valence-corrected chi connectivity index (χ0v) is 10.00. The highest BCUT2D eigenvalue weighted by Gasteiger charge is 1.94. The summed E-state index contributed by atoms with van der Waals surface area (Å²) in [6.45, 7) is 4.35. The third-order valence-corrected chi connectivity index (χ3v) is 3.00. The van der Waals surface area contributed by atoms with Gasteiger partial charge in [-0.25, -0.2) is 0 Å². The van der Waals surface area contributed by atoms with Crippen molar-refractivity contribution in [3.8, 4) is 0 Å². The highest BCUT2D eigenvalue weighted by atomic mass is 35.5. The fraction of sp³-hybridized carbons (Fsp3) is 0.455. The molecule has 14 heavy (non-hydrogen) atoms. The van der Waals surface area contributed by atoms with Crippen molar-refractivity contribution >= 4 is 23.4 Å². The maximum absolute atomic E-state index is 5.88. The van der Waals surface area contributed by atoms with E-state index < -0.39 is 0 Å². The summed E-state index contributed by atoms with van der Waals surface area (Å²) in [5.41, 5.74) is 0. The summed E-state index contributed by atoms with van der Waals surface area (Å²) in [5.74, 6) is 1.10. The van der Waals surface area contributed by atoms with Crippen LogP contribution < -0.4 is 5.32 Å². The molecule has 0 spiro atoms. The predicted molar refractivity (Wildman–Crippen MR) is 65.3 cm³/mol. The van der Waals surface area contributed by atoms with Crippen molar-refractivity contribution in [1.29, 1.82) is 0 Å². The molecule has 0 aliphatic carbocycles. The molecular weight excluding hydrogens is 214 g/mol. The lowest BCUT2D eigenvalue weighted by atomic mass is 10.4. The number of nitrogens with one attached hydrogen (secondary N) is 1. The van der Waals surface area contributed by atoms with E-state index in [0.29, 0.717) is 0 Å². The number of rotatable bonds is 6. The second kappa shape index (κ2) is 7.16. The molecule has 0 fully saturated rings. The van der Waals surface area contributed by atoms with Crippen LogP contribution >= 0.6 is 23.4 Å². The van der Waals surface area contributed by atoms with Crippen LogP contribution in [0.1, 0.15) is 13.3 Å². The topological polar surface area (TPSA) is 12.0 Å². The molecule has 0 saturated carbocycles. The lowest BCUT2D eigenvalue weighted by Gasteiger charge is -2.03. The van der Waals surface area contributed by atoms with Gasteiger partial charge < -0.3 is 5.32 Å². The van der Waals surface area contributed by atoms with Gasteiger partial charge in [0, 0.05) is 22.2 Å². The molecule has 0 aliphatic rings. The van der Waals surface area contributed by atoms with Crippen LogP contribution in [0.3, 0.4) is 0 Å². The number of hydrogen-bond donors (Lipinski definition) is 1. The molecule has 0 radical (unpaired) electrons. The number of thioether (sulfide) groups is 1. The summed E-state index contributed by atoms with van der Waals surface area (Å²) in [5, 5.41) is 4.18. The van der Waals surface area contributed by atoms with Gasteiger partial charge in [-0.2, -0.15) is 0 Å². The Morgan fingerprint density at radius 3 is 2.93 bits per heavy atom. The molecular formula is C11H16ClNS. The van der Waals surface area contributed by atoms with Crippen molar-refractivity contribution in [2.24, 2.45) is 0 Å². The fourth-order valence-electron chi connectivity index (χ4n) is 1.10. The molecule has 1 N–H and O–H groups in total. The minimum Gasteiger partial charge on any atom is -0.316 e. The van der Waals surface area contributed by atoms with E-state index in [0.717, 1.165) is 23.9 Å². The van der Waals surface area contributed by atoms with Crippen molar-refractivity contribution in [1.82, 2.24) is 5.32 Å². The second-order valence-electron chi connectivity index (χ2n) is 3.06. The van der Waals surface area contributed by atoms with Crippen LogP contribution in [-0.4, -0.2) is 18.8 Å². The van der Waals surface area contributed by atoms with Gasteiger partial charge in [0.2, 0.25) is 0 Å². The Kier molecular flexibility index (Phi) is 6.08. The monoisotopic (exact) mass is 229 g/mol. The average molecular weight is 230 g/mol. The summed E-state index contributed by atoms with van der Waals surface area (Å²) < 4.78 is 0. The summed E-state index contributed by atoms with van der Waals surface area (Å²) in [6, 6.07) is 7.99. The van der Waals surface area contributed by atoms with Gasteiger partial charge in [0.1, 0.15) is 0 Å². The Hall–Kier alpha value is -0.180. The van der Waals surface area contributed by atoms with E-state index in [2.05, 4.69) is 18.3 Å². The Morgan fingerprint density at radius 2 is 2.21 bits per heavy atom. The molecule has 3 heteroatoms. The third-order valence-electron chi connectivity index (χ3n) is 1.77. The van der Waals surface area contributed by atoms with Crippen LogP contribution in [0, 0.1) is 0 Å². The molecule has 1 nitrogen and oxygen atoms in total. The lowest BCUT2D eigenvalue weighted by molar-refractivity contribution is 0.707. The molecule has 1 rings (SSSR count). The molecule has 1 aromatic carbocycles. The molecule has 0 amide bonds. The lowest BCUT2D eigenvalue weighted by Crippen LogP contribution is -2.17. The molecule has 0 unspecified atom stereocenters. The van der Waals surface area contributed by atoms with Crippen molar-refractivity contribution in [3.63, 3.8) is 0 Å². The molecule has 0 atom stereocenters. The molecule has 0 saturated heterocycles.